The molecule has 0 saturated heterocycles. The van der Waals surface area contributed by atoms with Crippen LogP contribution in [-0.4, -0.2) is 5.97 Å². The monoisotopic (exact) mass is 331 g/mol. The molecule has 2 aromatic rings. The molecule has 0 aliphatic heterocycles. The number of carbonyl (C=O) groups is 1. The van der Waals surface area contributed by atoms with Crippen molar-refractivity contribution in [2.75, 3.05) is 5.73 Å². The zero-order chi connectivity index (χ0) is 15.6. The van der Waals surface area contributed by atoms with E-state index in [2.05, 4.69) is 0 Å². The molecule has 0 radical (unpaired) electrons. The van der Waals surface area contributed by atoms with E-state index < -0.39 is 24.2 Å². The van der Waals surface area contributed by atoms with Crippen molar-refractivity contribution in [2.24, 2.45) is 0 Å². The van der Waals surface area contributed by atoms with Crippen molar-refractivity contribution in [1.29, 1.82) is 0 Å². The summed E-state index contributed by atoms with van der Waals surface area (Å²) < 4.78 is 31.4. The Morgan fingerprint density at radius 3 is 2.67 bits per heavy atom. The summed E-state index contributed by atoms with van der Waals surface area (Å²) in [6.07, 6.45) is 0. The van der Waals surface area contributed by atoms with Crippen molar-refractivity contribution < 1.29 is 18.3 Å². The van der Waals surface area contributed by atoms with E-state index in [1.807, 2.05) is 0 Å². The summed E-state index contributed by atoms with van der Waals surface area (Å²) in [5, 5.41) is 0.0798. The third-order valence-electron chi connectivity index (χ3n) is 2.66. The van der Waals surface area contributed by atoms with Gasteiger partial charge in [-0.25, -0.2) is 13.6 Å². The Morgan fingerprint density at radius 2 is 1.95 bits per heavy atom. The molecule has 3 nitrogen and oxygen atoms in total. The fraction of sp³-hybridized carbons (Fsp3) is 0.0714. The maximum absolute atomic E-state index is 13.4. The van der Waals surface area contributed by atoms with Crippen LogP contribution in [-0.2, 0) is 11.3 Å². The maximum Gasteiger partial charge on any atom is 0.340 e. The van der Waals surface area contributed by atoms with Crippen LogP contribution in [0.1, 0.15) is 15.9 Å². The second-order valence-corrected chi connectivity index (χ2v) is 4.94. The van der Waals surface area contributed by atoms with Crippen LogP contribution in [0.15, 0.2) is 30.3 Å². The van der Waals surface area contributed by atoms with Crippen LogP contribution in [0.2, 0.25) is 10.0 Å². The summed E-state index contributed by atoms with van der Waals surface area (Å²) in [5.74, 6) is -2.92. The van der Waals surface area contributed by atoms with Gasteiger partial charge in [0.05, 0.1) is 15.6 Å². The third-order valence-corrected chi connectivity index (χ3v) is 3.46. The van der Waals surface area contributed by atoms with Gasteiger partial charge in [0.1, 0.15) is 6.61 Å². The molecule has 110 valence electrons. The van der Waals surface area contributed by atoms with Gasteiger partial charge in [0.25, 0.3) is 0 Å². The number of anilines is 1. The third kappa shape index (κ3) is 3.43. The molecular weight excluding hydrogens is 323 g/mol. The van der Waals surface area contributed by atoms with Crippen LogP contribution < -0.4 is 5.73 Å². The van der Waals surface area contributed by atoms with Crippen molar-refractivity contribution in [3.63, 3.8) is 0 Å². The van der Waals surface area contributed by atoms with Crippen LogP contribution in [0.3, 0.4) is 0 Å². The van der Waals surface area contributed by atoms with Gasteiger partial charge in [0.2, 0.25) is 0 Å². The molecule has 0 amide bonds. The highest BCUT2D eigenvalue weighted by molar-refractivity contribution is 6.44. The van der Waals surface area contributed by atoms with E-state index in [0.29, 0.717) is 0 Å². The molecule has 2 rings (SSSR count). The predicted octanol–water partition coefficient (Wildman–Crippen LogP) is 4.21. The van der Waals surface area contributed by atoms with Crippen LogP contribution >= 0.6 is 23.2 Å². The number of nitrogen functional groups attached to an aromatic ring is 1. The lowest BCUT2D eigenvalue weighted by molar-refractivity contribution is 0.0468. The lowest BCUT2D eigenvalue weighted by atomic mass is 10.2. The fourth-order valence-corrected chi connectivity index (χ4v) is 2.05. The number of benzene rings is 2. The minimum absolute atomic E-state index is 0.0180. The van der Waals surface area contributed by atoms with Crippen molar-refractivity contribution in [2.45, 2.75) is 6.61 Å². The van der Waals surface area contributed by atoms with Gasteiger partial charge in [0.15, 0.2) is 11.6 Å². The SMILES string of the molecule is Nc1cc(Cl)c(Cl)c(C(=O)OCc2cccc(F)c2F)c1. The normalized spacial score (nSPS) is 10.5. The molecule has 21 heavy (non-hydrogen) atoms. The molecule has 0 aromatic heterocycles. The number of halogens is 4. The van der Waals surface area contributed by atoms with Gasteiger partial charge < -0.3 is 10.5 Å². The van der Waals surface area contributed by atoms with Crippen LogP contribution in [0.25, 0.3) is 0 Å². The standard InChI is InChI=1S/C14H9Cl2F2NO2/c15-10-5-8(19)4-9(12(10)16)14(20)21-6-7-2-1-3-11(17)13(7)18/h1-5H,6,19H2. The molecule has 2 N–H and O–H groups in total. The topological polar surface area (TPSA) is 52.3 Å². The first kappa shape index (κ1) is 15.5. The van der Waals surface area contributed by atoms with Crippen LogP contribution in [0.4, 0.5) is 14.5 Å². The number of ether oxygens (including phenoxy) is 1. The first-order chi connectivity index (χ1) is 9.90. The highest BCUT2D eigenvalue weighted by Gasteiger charge is 2.17. The molecule has 0 spiro atoms. The molecule has 7 heteroatoms. The van der Waals surface area contributed by atoms with Gasteiger partial charge in [0, 0.05) is 11.3 Å². The molecule has 0 unspecified atom stereocenters. The molecule has 0 saturated carbocycles. The molecular formula is C14H9Cl2F2NO2. The Kier molecular flexibility index (Phi) is 4.65. The van der Waals surface area contributed by atoms with E-state index in [-0.39, 0.29) is 26.9 Å². The van der Waals surface area contributed by atoms with Crippen molar-refractivity contribution >= 4 is 34.9 Å². The van der Waals surface area contributed by atoms with Gasteiger partial charge in [-0.1, -0.05) is 35.3 Å². The summed E-state index contributed by atoms with van der Waals surface area (Å²) in [5.41, 5.74) is 5.66. The van der Waals surface area contributed by atoms with Gasteiger partial charge in [-0.3, -0.25) is 0 Å². The Labute approximate surface area is 129 Å². The van der Waals surface area contributed by atoms with E-state index in [4.69, 9.17) is 33.7 Å². The predicted molar refractivity (Wildman–Crippen MR) is 76.4 cm³/mol. The number of hydrogen-bond acceptors (Lipinski definition) is 3. The highest BCUT2D eigenvalue weighted by Crippen LogP contribution is 2.29. The van der Waals surface area contributed by atoms with E-state index in [1.54, 1.807) is 0 Å². The molecule has 0 aliphatic rings. The average molecular weight is 332 g/mol. The lowest BCUT2D eigenvalue weighted by Gasteiger charge is -2.09. The van der Waals surface area contributed by atoms with Crippen LogP contribution in [0.5, 0.6) is 0 Å². The van der Waals surface area contributed by atoms with Crippen molar-refractivity contribution in [3.05, 3.63) is 63.1 Å². The van der Waals surface area contributed by atoms with E-state index in [9.17, 15) is 13.6 Å². The maximum atomic E-state index is 13.4. The molecule has 2 aromatic carbocycles. The molecule has 0 aliphatic carbocycles. The Bertz CT molecular complexity index is 708. The van der Waals surface area contributed by atoms with E-state index >= 15 is 0 Å². The average Bonchev–Trinajstić information content (AvgIpc) is 2.44. The smallest absolute Gasteiger partial charge is 0.340 e. The largest absolute Gasteiger partial charge is 0.457 e. The van der Waals surface area contributed by atoms with Gasteiger partial charge >= 0.3 is 5.97 Å². The Hall–Kier alpha value is -1.85. The first-order valence-corrected chi connectivity index (χ1v) is 6.50. The Balaban J connectivity index is 2.18. The summed E-state index contributed by atoms with van der Waals surface area (Å²) in [7, 11) is 0. The van der Waals surface area contributed by atoms with Crippen molar-refractivity contribution in [3.8, 4) is 0 Å². The second kappa shape index (κ2) is 6.28. The van der Waals surface area contributed by atoms with Gasteiger partial charge in [-0.2, -0.15) is 0 Å². The number of nitrogens with two attached hydrogens (primary N) is 1. The zero-order valence-corrected chi connectivity index (χ0v) is 12.0. The van der Waals surface area contributed by atoms with Gasteiger partial charge in [-0.15, -0.1) is 0 Å². The first-order valence-electron chi connectivity index (χ1n) is 5.74. The number of carbonyl (C=O) groups excluding carboxylic acids is 1. The molecule has 0 atom stereocenters. The minimum atomic E-state index is -1.07. The van der Waals surface area contributed by atoms with E-state index in [1.165, 1.54) is 24.3 Å². The number of hydrogen-bond donors (Lipinski definition) is 1. The minimum Gasteiger partial charge on any atom is -0.457 e. The summed E-state index contributed by atoms with van der Waals surface area (Å²) in [6, 6.07) is 6.26. The zero-order valence-electron chi connectivity index (χ0n) is 10.5. The highest BCUT2D eigenvalue weighted by atomic mass is 35.5. The summed E-state index contributed by atoms with van der Waals surface area (Å²) >= 11 is 11.7. The summed E-state index contributed by atoms with van der Waals surface area (Å²) in [4.78, 5) is 11.9. The molecule has 0 fully saturated rings. The number of esters is 1. The second-order valence-electron chi connectivity index (χ2n) is 4.15. The summed E-state index contributed by atoms with van der Waals surface area (Å²) in [6.45, 7) is -0.439. The Morgan fingerprint density at radius 1 is 1.24 bits per heavy atom. The molecule has 0 bridgehead atoms. The quantitative estimate of drug-likeness (QED) is 0.677. The van der Waals surface area contributed by atoms with Gasteiger partial charge in [-0.05, 0) is 18.2 Å². The lowest BCUT2D eigenvalue weighted by Crippen LogP contribution is -2.08. The van der Waals surface area contributed by atoms with Crippen molar-refractivity contribution in [1.82, 2.24) is 0 Å². The molecule has 0 heterocycles. The fourth-order valence-electron chi connectivity index (χ4n) is 1.64. The number of rotatable bonds is 3. The van der Waals surface area contributed by atoms with Crippen LogP contribution in [0, 0.1) is 11.6 Å². The van der Waals surface area contributed by atoms with E-state index in [0.717, 1.165) is 6.07 Å².